The van der Waals surface area contributed by atoms with Crippen LogP contribution in [0, 0.1) is 11.3 Å². The number of ether oxygens (including phenoxy) is 1. The maximum absolute atomic E-state index is 12.2. The molecule has 0 saturated heterocycles. The Morgan fingerprint density at radius 2 is 1.93 bits per heavy atom. The average molecular weight is 407 g/mol. The topological polar surface area (TPSA) is 125 Å². The Balaban J connectivity index is 2.02. The van der Waals surface area contributed by atoms with Gasteiger partial charge in [-0.3, -0.25) is 4.79 Å². The van der Waals surface area contributed by atoms with Crippen LogP contribution in [-0.4, -0.2) is 32.9 Å². The van der Waals surface area contributed by atoms with Crippen molar-refractivity contribution < 1.29 is 22.7 Å². The molecule has 1 aromatic heterocycles. The molecule has 0 aliphatic carbocycles. The Hall–Kier alpha value is -2.74. The average Bonchev–Trinajstić information content (AvgIpc) is 3.08. The fraction of sp³-hybridized carbons (Fsp3) is 0.235. The van der Waals surface area contributed by atoms with Crippen LogP contribution in [-0.2, 0) is 19.6 Å². The fourth-order valence-electron chi connectivity index (χ4n) is 2.03. The summed E-state index contributed by atoms with van der Waals surface area (Å²) >= 11 is 1.19. The standard InChI is InChI=1S/C17H17N3O5S2/c1-3-19-27(23,24)14-6-4-12(5-7-14)17(22)25-11(2)15(21)20-16-13(10-18)8-9-26-16/h4-9,11,19H,3H2,1-2H3,(H,20,21)/t11-/m0/s1. The second kappa shape index (κ2) is 8.77. The first kappa shape index (κ1) is 20.6. The number of amides is 1. The first-order chi connectivity index (χ1) is 12.8. The Bertz CT molecular complexity index is 975. The van der Waals surface area contributed by atoms with Crippen molar-refractivity contribution in [1.29, 1.82) is 5.26 Å². The minimum atomic E-state index is -3.62. The molecule has 1 atom stereocenters. The van der Waals surface area contributed by atoms with Crippen molar-refractivity contribution in [3.05, 3.63) is 46.8 Å². The minimum Gasteiger partial charge on any atom is -0.449 e. The molecule has 8 nitrogen and oxygen atoms in total. The number of rotatable bonds is 7. The molecule has 2 rings (SSSR count). The molecule has 0 saturated carbocycles. The van der Waals surface area contributed by atoms with Crippen LogP contribution in [0.25, 0.3) is 0 Å². The van der Waals surface area contributed by atoms with Crippen molar-refractivity contribution in [3.8, 4) is 6.07 Å². The molecule has 0 aliphatic heterocycles. The van der Waals surface area contributed by atoms with Gasteiger partial charge in [0.15, 0.2) is 6.10 Å². The van der Waals surface area contributed by atoms with Crippen molar-refractivity contribution in [2.45, 2.75) is 24.8 Å². The maximum Gasteiger partial charge on any atom is 0.338 e. The van der Waals surface area contributed by atoms with E-state index in [2.05, 4.69) is 10.0 Å². The van der Waals surface area contributed by atoms with Gasteiger partial charge < -0.3 is 10.1 Å². The van der Waals surface area contributed by atoms with Gasteiger partial charge in [-0.15, -0.1) is 11.3 Å². The number of carbonyl (C=O) groups excluding carboxylic acids is 2. The summed E-state index contributed by atoms with van der Waals surface area (Å²) in [6, 6.07) is 8.70. The van der Waals surface area contributed by atoms with E-state index in [9.17, 15) is 18.0 Å². The summed E-state index contributed by atoms with van der Waals surface area (Å²) in [6.45, 7) is 3.30. The van der Waals surface area contributed by atoms with Crippen molar-refractivity contribution in [2.24, 2.45) is 0 Å². The van der Waals surface area contributed by atoms with Gasteiger partial charge in [0.1, 0.15) is 11.1 Å². The molecule has 27 heavy (non-hydrogen) atoms. The number of esters is 1. The highest BCUT2D eigenvalue weighted by Gasteiger charge is 2.21. The Morgan fingerprint density at radius 3 is 2.52 bits per heavy atom. The van der Waals surface area contributed by atoms with Gasteiger partial charge in [0.2, 0.25) is 10.0 Å². The number of hydrogen-bond acceptors (Lipinski definition) is 7. The Kier molecular flexibility index (Phi) is 6.68. The number of thiophene rings is 1. The van der Waals surface area contributed by atoms with Crippen LogP contribution in [0.2, 0.25) is 0 Å². The third-order valence-electron chi connectivity index (χ3n) is 3.41. The lowest BCUT2D eigenvalue weighted by atomic mass is 10.2. The third-order valence-corrected chi connectivity index (χ3v) is 5.80. The van der Waals surface area contributed by atoms with Crippen molar-refractivity contribution in [3.63, 3.8) is 0 Å². The number of hydrogen-bond donors (Lipinski definition) is 2. The van der Waals surface area contributed by atoms with E-state index in [1.807, 2.05) is 6.07 Å². The number of anilines is 1. The highest BCUT2D eigenvalue weighted by molar-refractivity contribution is 7.89. The van der Waals surface area contributed by atoms with Gasteiger partial charge in [0.05, 0.1) is 16.0 Å². The van der Waals surface area contributed by atoms with E-state index >= 15 is 0 Å². The lowest BCUT2D eigenvalue weighted by Gasteiger charge is -2.13. The van der Waals surface area contributed by atoms with Gasteiger partial charge >= 0.3 is 5.97 Å². The predicted octanol–water partition coefficient (Wildman–Crippen LogP) is 2.10. The monoisotopic (exact) mass is 407 g/mol. The van der Waals surface area contributed by atoms with Crippen LogP contribution in [0.15, 0.2) is 40.6 Å². The number of benzene rings is 1. The van der Waals surface area contributed by atoms with E-state index in [-0.39, 0.29) is 17.0 Å². The van der Waals surface area contributed by atoms with E-state index in [0.717, 1.165) is 0 Å². The second-order valence-electron chi connectivity index (χ2n) is 5.34. The normalized spacial score (nSPS) is 12.0. The number of nitriles is 1. The van der Waals surface area contributed by atoms with Gasteiger partial charge in [0.25, 0.3) is 5.91 Å². The highest BCUT2D eigenvalue weighted by Crippen LogP contribution is 2.22. The third kappa shape index (κ3) is 5.13. The summed E-state index contributed by atoms with van der Waals surface area (Å²) in [4.78, 5) is 24.3. The van der Waals surface area contributed by atoms with E-state index in [1.165, 1.54) is 42.5 Å². The van der Waals surface area contributed by atoms with Crippen LogP contribution >= 0.6 is 11.3 Å². The van der Waals surface area contributed by atoms with Crippen LogP contribution in [0.3, 0.4) is 0 Å². The van der Waals surface area contributed by atoms with Gasteiger partial charge in [-0.2, -0.15) is 5.26 Å². The van der Waals surface area contributed by atoms with E-state index in [4.69, 9.17) is 10.00 Å². The van der Waals surface area contributed by atoms with E-state index < -0.39 is 28.0 Å². The van der Waals surface area contributed by atoms with Crippen LogP contribution in [0.5, 0.6) is 0 Å². The number of carbonyl (C=O) groups is 2. The summed E-state index contributed by atoms with van der Waals surface area (Å²) in [5.41, 5.74) is 0.434. The lowest BCUT2D eigenvalue weighted by Crippen LogP contribution is -2.30. The molecule has 0 radical (unpaired) electrons. The number of nitrogens with one attached hydrogen (secondary N) is 2. The summed E-state index contributed by atoms with van der Waals surface area (Å²) in [6.07, 6.45) is -1.10. The zero-order valence-electron chi connectivity index (χ0n) is 14.6. The van der Waals surface area contributed by atoms with Crippen molar-refractivity contribution in [2.75, 3.05) is 11.9 Å². The predicted molar refractivity (Wildman–Crippen MR) is 99.8 cm³/mol. The summed E-state index contributed by atoms with van der Waals surface area (Å²) in [5.74, 6) is -1.34. The molecule has 1 amide bonds. The molecule has 0 spiro atoms. The van der Waals surface area contributed by atoms with Crippen LogP contribution in [0.4, 0.5) is 5.00 Å². The van der Waals surface area contributed by atoms with E-state index in [1.54, 1.807) is 18.4 Å². The Labute approximate surface area is 160 Å². The molecule has 10 heteroatoms. The summed E-state index contributed by atoms with van der Waals surface area (Å²) in [7, 11) is -3.62. The minimum absolute atomic E-state index is 0.0217. The Morgan fingerprint density at radius 1 is 1.26 bits per heavy atom. The molecule has 142 valence electrons. The molecule has 0 unspecified atom stereocenters. The second-order valence-corrected chi connectivity index (χ2v) is 8.02. The van der Waals surface area contributed by atoms with Gasteiger partial charge in [0, 0.05) is 6.54 Å². The van der Waals surface area contributed by atoms with Crippen LogP contribution < -0.4 is 10.0 Å². The van der Waals surface area contributed by atoms with Crippen LogP contribution in [0.1, 0.15) is 29.8 Å². The maximum atomic E-state index is 12.2. The SMILES string of the molecule is CCNS(=O)(=O)c1ccc(C(=O)O[C@@H](C)C(=O)Nc2sccc2C#N)cc1. The molecule has 0 bridgehead atoms. The number of sulfonamides is 1. The van der Waals surface area contributed by atoms with Gasteiger partial charge in [-0.25, -0.2) is 17.9 Å². The summed E-state index contributed by atoms with van der Waals surface area (Å²) < 4.78 is 31.2. The molecule has 1 heterocycles. The smallest absolute Gasteiger partial charge is 0.338 e. The van der Waals surface area contributed by atoms with Crippen molar-refractivity contribution in [1.82, 2.24) is 4.72 Å². The summed E-state index contributed by atoms with van der Waals surface area (Å²) in [5, 5.41) is 13.5. The van der Waals surface area contributed by atoms with Gasteiger partial charge in [-0.1, -0.05) is 6.92 Å². The molecule has 0 aliphatic rings. The van der Waals surface area contributed by atoms with E-state index in [0.29, 0.717) is 10.6 Å². The molecule has 1 aromatic carbocycles. The first-order valence-electron chi connectivity index (χ1n) is 7.87. The molecule has 0 fully saturated rings. The number of nitrogens with zero attached hydrogens (tertiary/aromatic N) is 1. The molecular weight excluding hydrogens is 390 g/mol. The zero-order chi connectivity index (χ0) is 20.0. The highest BCUT2D eigenvalue weighted by atomic mass is 32.2. The first-order valence-corrected chi connectivity index (χ1v) is 10.2. The molecule has 2 aromatic rings. The van der Waals surface area contributed by atoms with Crippen molar-refractivity contribution >= 4 is 38.2 Å². The van der Waals surface area contributed by atoms with Gasteiger partial charge in [-0.05, 0) is 42.6 Å². The zero-order valence-corrected chi connectivity index (χ0v) is 16.2. The molecular formula is C17H17N3O5S2. The largest absolute Gasteiger partial charge is 0.449 e. The molecule has 2 N–H and O–H groups in total. The fourth-order valence-corrected chi connectivity index (χ4v) is 3.81. The quantitative estimate of drug-likeness (QED) is 0.677. The lowest BCUT2D eigenvalue weighted by molar-refractivity contribution is -0.123.